The topological polar surface area (TPSA) is 43.9 Å². The number of piperazine rings is 1. The second-order valence-corrected chi connectivity index (χ2v) is 6.12. The normalized spacial score (nSPS) is 15.5. The van der Waals surface area contributed by atoms with E-state index >= 15 is 0 Å². The van der Waals surface area contributed by atoms with Crippen molar-refractivity contribution in [3.63, 3.8) is 0 Å². The Morgan fingerprint density at radius 2 is 1.78 bits per heavy atom. The Hall–Kier alpha value is -1.88. The molecule has 1 aliphatic heterocycles. The van der Waals surface area contributed by atoms with E-state index in [1.54, 1.807) is 4.90 Å². The number of carbonyl (C=O) groups is 2. The quantitative estimate of drug-likeness (QED) is 0.827. The van der Waals surface area contributed by atoms with Crippen LogP contribution in [0.15, 0.2) is 24.3 Å². The fourth-order valence-corrected chi connectivity index (χ4v) is 2.85. The van der Waals surface area contributed by atoms with E-state index in [9.17, 15) is 9.59 Å². The molecule has 5 heteroatoms. The van der Waals surface area contributed by atoms with Crippen LogP contribution in [0.4, 0.5) is 0 Å². The molecule has 0 saturated carbocycles. The molecule has 0 radical (unpaired) electrons. The van der Waals surface area contributed by atoms with Gasteiger partial charge in [-0.2, -0.15) is 0 Å². The van der Waals surface area contributed by atoms with Gasteiger partial charge < -0.3 is 14.7 Å². The van der Waals surface area contributed by atoms with Crippen LogP contribution in [-0.4, -0.2) is 65.8 Å². The van der Waals surface area contributed by atoms with Gasteiger partial charge in [0.05, 0.1) is 0 Å². The van der Waals surface area contributed by atoms with Crippen LogP contribution in [-0.2, 0) is 16.1 Å². The molecule has 0 aromatic heterocycles. The second kappa shape index (κ2) is 8.11. The average Bonchev–Trinajstić information content (AvgIpc) is 2.56. The molecule has 1 heterocycles. The molecule has 1 aromatic rings. The van der Waals surface area contributed by atoms with Gasteiger partial charge in [0.2, 0.25) is 11.8 Å². The first-order chi connectivity index (χ1) is 11.0. The van der Waals surface area contributed by atoms with Crippen molar-refractivity contribution >= 4 is 11.8 Å². The third kappa shape index (κ3) is 4.79. The molecule has 0 bridgehead atoms. The molecule has 1 aliphatic rings. The highest BCUT2D eigenvalue weighted by Crippen LogP contribution is 2.11. The Kier molecular flexibility index (Phi) is 6.16. The van der Waals surface area contributed by atoms with E-state index in [2.05, 4.69) is 11.8 Å². The van der Waals surface area contributed by atoms with E-state index in [1.165, 1.54) is 6.92 Å². The lowest BCUT2D eigenvalue weighted by atomic mass is 10.1. The van der Waals surface area contributed by atoms with Crippen LogP contribution in [0.5, 0.6) is 0 Å². The zero-order valence-corrected chi connectivity index (χ0v) is 14.4. The Morgan fingerprint density at radius 1 is 1.13 bits per heavy atom. The van der Waals surface area contributed by atoms with Gasteiger partial charge in [0, 0.05) is 39.6 Å². The predicted octanol–water partition coefficient (Wildman–Crippen LogP) is 1.51. The molecule has 5 nitrogen and oxygen atoms in total. The number of amides is 2. The first-order valence-electron chi connectivity index (χ1n) is 8.31. The predicted molar refractivity (Wildman–Crippen MR) is 91.0 cm³/mol. The van der Waals surface area contributed by atoms with Gasteiger partial charge in [0.15, 0.2) is 0 Å². The molecule has 0 N–H and O–H groups in total. The van der Waals surface area contributed by atoms with Crippen LogP contribution in [0.2, 0.25) is 0 Å². The van der Waals surface area contributed by atoms with E-state index in [0.717, 1.165) is 43.9 Å². The van der Waals surface area contributed by atoms with Gasteiger partial charge in [0.1, 0.15) is 6.54 Å². The second-order valence-electron chi connectivity index (χ2n) is 6.12. The van der Waals surface area contributed by atoms with Crippen LogP contribution < -0.4 is 0 Å². The summed E-state index contributed by atoms with van der Waals surface area (Å²) in [6, 6.07) is 7.98. The van der Waals surface area contributed by atoms with Crippen molar-refractivity contribution in [2.45, 2.75) is 27.3 Å². The first kappa shape index (κ1) is 17.5. The Morgan fingerprint density at radius 3 is 2.35 bits per heavy atom. The number of rotatable bonds is 5. The van der Waals surface area contributed by atoms with Gasteiger partial charge in [0.25, 0.3) is 0 Å². The molecule has 1 saturated heterocycles. The zero-order valence-electron chi connectivity index (χ0n) is 14.4. The lowest BCUT2D eigenvalue weighted by molar-refractivity contribution is -0.141. The van der Waals surface area contributed by atoms with Crippen LogP contribution in [0.25, 0.3) is 0 Å². The lowest BCUT2D eigenvalue weighted by Gasteiger charge is -2.35. The monoisotopic (exact) mass is 317 g/mol. The van der Waals surface area contributed by atoms with Gasteiger partial charge >= 0.3 is 0 Å². The summed E-state index contributed by atoms with van der Waals surface area (Å²) in [7, 11) is 0. The van der Waals surface area contributed by atoms with E-state index in [0.29, 0.717) is 6.54 Å². The standard InChI is InChI=1S/C18H27N3O2/c1-4-19-9-11-20(12-10-19)18(23)14-21(16(3)22)13-17-8-6-5-7-15(17)2/h5-8H,4,9-14H2,1-3H3. The average molecular weight is 317 g/mol. The van der Waals surface area contributed by atoms with Gasteiger partial charge in [-0.05, 0) is 24.6 Å². The van der Waals surface area contributed by atoms with E-state index in [4.69, 9.17) is 0 Å². The lowest BCUT2D eigenvalue weighted by Crippen LogP contribution is -2.51. The highest BCUT2D eigenvalue weighted by Gasteiger charge is 2.23. The van der Waals surface area contributed by atoms with Crippen molar-refractivity contribution in [3.8, 4) is 0 Å². The van der Waals surface area contributed by atoms with E-state index in [1.807, 2.05) is 36.1 Å². The van der Waals surface area contributed by atoms with Crippen LogP contribution in [0.3, 0.4) is 0 Å². The maximum Gasteiger partial charge on any atom is 0.242 e. The van der Waals surface area contributed by atoms with E-state index < -0.39 is 0 Å². The maximum absolute atomic E-state index is 12.5. The Balaban J connectivity index is 1.96. The maximum atomic E-state index is 12.5. The summed E-state index contributed by atoms with van der Waals surface area (Å²) in [5, 5.41) is 0. The molecule has 126 valence electrons. The summed E-state index contributed by atoms with van der Waals surface area (Å²) in [5.74, 6) is -0.0154. The molecule has 23 heavy (non-hydrogen) atoms. The molecule has 0 unspecified atom stereocenters. The van der Waals surface area contributed by atoms with Crippen molar-refractivity contribution in [1.29, 1.82) is 0 Å². The molecule has 0 atom stereocenters. The minimum Gasteiger partial charge on any atom is -0.339 e. The molecule has 1 aromatic carbocycles. The van der Waals surface area contributed by atoms with Crippen LogP contribution in [0.1, 0.15) is 25.0 Å². The summed E-state index contributed by atoms with van der Waals surface area (Å²) in [6.07, 6.45) is 0. The molecule has 0 spiro atoms. The minimum atomic E-state index is -0.0613. The molecule has 0 aliphatic carbocycles. The SMILES string of the molecule is CCN1CCN(C(=O)CN(Cc2ccccc2C)C(C)=O)CC1. The number of likely N-dealkylation sites (N-methyl/N-ethyl adjacent to an activating group) is 1. The fourth-order valence-electron chi connectivity index (χ4n) is 2.85. The molecule has 2 rings (SSSR count). The fraction of sp³-hybridized carbons (Fsp3) is 0.556. The number of benzene rings is 1. The first-order valence-corrected chi connectivity index (χ1v) is 8.31. The van der Waals surface area contributed by atoms with Crippen molar-refractivity contribution < 1.29 is 9.59 Å². The number of hydrogen-bond acceptors (Lipinski definition) is 3. The highest BCUT2D eigenvalue weighted by molar-refractivity contribution is 5.84. The van der Waals surface area contributed by atoms with Crippen LogP contribution in [0, 0.1) is 6.92 Å². The van der Waals surface area contributed by atoms with Crippen molar-refractivity contribution in [2.75, 3.05) is 39.3 Å². The Labute approximate surface area is 138 Å². The summed E-state index contributed by atoms with van der Waals surface area (Å²) in [6.45, 7) is 10.7. The largest absolute Gasteiger partial charge is 0.339 e. The number of carbonyl (C=O) groups excluding carboxylic acids is 2. The minimum absolute atomic E-state index is 0.0459. The summed E-state index contributed by atoms with van der Waals surface area (Å²) in [5.41, 5.74) is 2.23. The van der Waals surface area contributed by atoms with Crippen LogP contribution >= 0.6 is 0 Å². The highest BCUT2D eigenvalue weighted by atomic mass is 16.2. The van der Waals surface area contributed by atoms with Crippen molar-refractivity contribution in [2.24, 2.45) is 0 Å². The molecular formula is C18H27N3O2. The van der Waals surface area contributed by atoms with Gasteiger partial charge in [-0.3, -0.25) is 9.59 Å². The number of hydrogen-bond donors (Lipinski definition) is 0. The summed E-state index contributed by atoms with van der Waals surface area (Å²) in [4.78, 5) is 30.3. The third-order valence-electron chi connectivity index (χ3n) is 4.57. The van der Waals surface area contributed by atoms with Gasteiger partial charge in [-0.1, -0.05) is 31.2 Å². The van der Waals surface area contributed by atoms with Gasteiger partial charge in [-0.15, -0.1) is 0 Å². The molecule has 2 amide bonds. The number of aryl methyl sites for hydroxylation is 1. The number of nitrogens with zero attached hydrogens (tertiary/aromatic N) is 3. The van der Waals surface area contributed by atoms with E-state index in [-0.39, 0.29) is 18.4 Å². The third-order valence-corrected chi connectivity index (χ3v) is 4.57. The van der Waals surface area contributed by atoms with Gasteiger partial charge in [-0.25, -0.2) is 0 Å². The molecular weight excluding hydrogens is 290 g/mol. The molecule has 1 fully saturated rings. The van der Waals surface area contributed by atoms with Crippen molar-refractivity contribution in [1.82, 2.24) is 14.7 Å². The van der Waals surface area contributed by atoms with Crippen molar-refractivity contribution in [3.05, 3.63) is 35.4 Å². The zero-order chi connectivity index (χ0) is 16.8. The summed E-state index contributed by atoms with van der Waals surface area (Å²) >= 11 is 0. The Bertz CT molecular complexity index is 551. The smallest absolute Gasteiger partial charge is 0.242 e. The summed E-state index contributed by atoms with van der Waals surface area (Å²) < 4.78 is 0.